The number of aliphatic hydroxyl groups is 1. The maximum Gasteiger partial charge on any atom is 0.332 e. The summed E-state index contributed by atoms with van der Waals surface area (Å²) in [5.74, 6) is -3.84. The molecule has 0 fully saturated rings. The van der Waals surface area contributed by atoms with Crippen molar-refractivity contribution in [3.05, 3.63) is 142 Å². The molecular formula is C36H47N3O10. The Morgan fingerprint density at radius 1 is 0.857 bits per heavy atom. The van der Waals surface area contributed by atoms with Crippen molar-refractivity contribution in [1.82, 2.24) is 0 Å². The van der Waals surface area contributed by atoms with Gasteiger partial charge in [-0.25, -0.2) is 19.2 Å². The number of hydrogen-bond acceptors (Lipinski definition) is 10. The third-order valence-corrected chi connectivity index (χ3v) is 3.09. The molecule has 1 aromatic rings. The largest absolute Gasteiger partial charge is 0.478 e. The summed E-state index contributed by atoms with van der Waals surface area (Å²) < 4.78 is 8.61. The van der Waals surface area contributed by atoms with Gasteiger partial charge in [-0.05, 0) is 25.5 Å². The number of amides is 1. The number of aliphatic carboxylic acids is 2. The predicted octanol–water partition coefficient (Wildman–Crippen LogP) is 5.28. The van der Waals surface area contributed by atoms with Crippen LogP contribution in [0.1, 0.15) is 19.4 Å². The average Bonchev–Trinajstić information content (AvgIpc) is 3.10. The van der Waals surface area contributed by atoms with Gasteiger partial charge in [0.15, 0.2) is 0 Å². The number of esters is 2. The van der Waals surface area contributed by atoms with E-state index in [-0.39, 0.29) is 19.2 Å². The number of carboxylic acid groups (broad SMARTS) is 2. The van der Waals surface area contributed by atoms with Crippen LogP contribution in [0.25, 0.3) is 6.08 Å². The number of ether oxygens (including phenoxy) is 2. The Labute approximate surface area is 289 Å². The van der Waals surface area contributed by atoms with E-state index in [4.69, 9.17) is 25.8 Å². The normalized spacial score (nSPS) is 7.31. The van der Waals surface area contributed by atoms with Gasteiger partial charge in [-0.3, -0.25) is 4.79 Å². The molecule has 0 heterocycles. The van der Waals surface area contributed by atoms with E-state index in [0.29, 0.717) is 23.3 Å². The number of aliphatic hydroxyl groups excluding tert-OH is 1. The van der Waals surface area contributed by atoms with Crippen molar-refractivity contribution in [3.8, 4) is 12.1 Å². The molecule has 0 saturated carbocycles. The van der Waals surface area contributed by atoms with Crippen molar-refractivity contribution in [3.63, 3.8) is 0 Å². The Balaban J connectivity index is -0.0000000835. The molecule has 0 aromatic heterocycles. The molecule has 1 aromatic carbocycles. The molecule has 13 nitrogen and oxygen atoms in total. The number of nitriles is 2. The van der Waals surface area contributed by atoms with Gasteiger partial charge in [-0.1, -0.05) is 101 Å². The quantitative estimate of drug-likeness (QED) is 0.113. The first-order valence-corrected chi connectivity index (χ1v) is 13.1. The second-order valence-corrected chi connectivity index (χ2v) is 7.30. The summed E-state index contributed by atoms with van der Waals surface area (Å²) in [6.45, 7) is 29.6. The number of carboxylic acids is 2. The summed E-state index contributed by atoms with van der Waals surface area (Å²) in [4.78, 5) is 48.9. The lowest BCUT2D eigenvalue weighted by Gasteiger charge is -1.94. The zero-order valence-electron chi connectivity index (χ0n) is 28.2. The van der Waals surface area contributed by atoms with Crippen LogP contribution in [0.2, 0.25) is 0 Å². The fourth-order valence-electron chi connectivity index (χ4n) is 1.11. The van der Waals surface area contributed by atoms with Crippen LogP contribution >= 0.6 is 0 Å². The van der Waals surface area contributed by atoms with Crippen LogP contribution in [0.5, 0.6) is 0 Å². The Morgan fingerprint density at radius 2 is 1.24 bits per heavy atom. The van der Waals surface area contributed by atoms with Gasteiger partial charge in [0.25, 0.3) is 0 Å². The molecule has 0 bridgehead atoms. The van der Waals surface area contributed by atoms with E-state index in [1.807, 2.05) is 42.5 Å². The molecule has 266 valence electrons. The number of carbonyl (C=O) groups is 5. The topological polar surface area (TPSA) is 238 Å². The SMILES string of the molecule is C=C(C)C#N.C=C(C)C(=O)OC.C=CC#N.C=CC(=O)OCCO.C=CC(N)=O.C=CC=C.C=Cc1ccccc1.O=C(O)/C=C\C(=O)O. The lowest BCUT2D eigenvalue weighted by molar-refractivity contribution is -0.139. The van der Waals surface area contributed by atoms with Crippen molar-refractivity contribution >= 4 is 35.9 Å². The summed E-state index contributed by atoms with van der Waals surface area (Å²) in [7, 11) is 1.33. The molecule has 1 rings (SSSR count). The maximum absolute atomic E-state index is 10.2. The number of allylic oxidation sites excluding steroid dienone is 4. The Morgan fingerprint density at radius 3 is 1.39 bits per heavy atom. The molecule has 0 spiro atoms. The highest BCUT2D eigenvalue weighted by molar-refractivity contribution is 5.89. The number of rotatable bonds is 9. The van der Waals surface area contributed by atoms with Crippen molar-refractivity contribution in [2.45, 2.75) is 13.8 Å². The number of methoxy groups -OCH3 is 1. The highest BCUT2D eigenvalue weighted by Crippen LogP contribution is 1.97. The number of carbonyl (C=O) groups excluding carboxylic acids is 3. The molecule has 13 heteroatoms. The van der Waals surface area contributed by atoms with Crippen LogP contribution in [0.15, 0.2) is 137 Å². The Bertz CT molecular complexity index is 1260. The van der Waals surface area contributed by atoms with Crippen LogP contribution in [-0.2, 0) is 33.4 Å². The lowest BCUT2D eigenvalue weighted by atomic mass is 10.2. The van der Waals surface area contributed by atoms with Crippen LogP contribution in [0.3, 0.4) is 0 Å². The molecule has 0 aliphatic carbocycles. The average molecular weight is 682 g/mol. The van der Waals surface area contributed by atoms with Crippen LogP contribution < -0.4 is 5.73 Å². The molecule has 1 amide bonds. The lowest BCUT2D eigenvalue weighted by Crippen LogP contribution is -2.04. The van der Waals surface area contributed by atoms with E-state index in [0.717, 1.165) is 12.2 Å². The Hall–Kier alpha value is -6.83. The third kappa shape index (κ3) is 92.2. The standard InChI is InChI=1S/C8H8.C5H8O3.C5H8O2.C4H5N.C4H4O4.C4H6.C3H5NO.C3H3N/c1-2-8-6-4-3-5-7-8;1-2-5(7)8-4-3-6;1-4(2)5(6)7-3;1-4(2)3-5;5-3(6)1-2-4(7)8;1-3-4-2;1-2-3(4)5;1-2-3-4/h2-7H,1H2;2,6H,1,3-4H2;1H2,2-3H3;1H2,2H3;1-2H,(H,5,6)(H,7,8);3-4H,1-2H2;2H,1H2,(H2,4,5);2H,1H2/b;;;;2-1-;;;. The molecule has 0 atom stereocenters. The summed E-state index contributed by atoms with van der Waals surface area (Å²) in [5, 5.41) is 39.0. The first-order valence-electron chi connectivity index (χ1n) is 13.1. The zero-order chi connectivity index (χ0) is 40.1. The maximum atomic E-state index is 10.2. The molecule has 0 saturated heterocycles. The predicted molar refractivity (Wildman–Crippen MR) is 192 cm³/mol. The summed E-state index contributed by atoms with van der Waals surface area (Å²) in [5.41, 5.74) is 6.70. The van der Waals surface area contributed by atoms with Gasteiger partial charge in [0.05, 0.1) is 25.9 Å². The molecule has 49 heavy (non-hydrogen) atoms. The van der Waals surface area contributed by atoms with E-state index < -0.39 is 23.8 Å². The van der Waals surface area contributed by atoms with Crippen molar-refractivity contribution in [1.29, 1.82) is 10.5 Å². The zero-order valence-corrected chi connectivity index (χ0v) is 28.2. The van der Waals surface area contributed by atoms with E-state index in [9.17, 15) is 24.0 Å². The van der Waals surface area contributed by atoms with E-state index in [1.54, 1.807) is 32.1 Å². The fourth-order valence-corrected chi connectivity index (χ4v) is 1.11. The monoisotopic (exact) mass is 681 g/mol. The van der Waals surface area contributed by atoms with Crippen molar-refractivity contribution in [2.24, 2.45) is 5.73 Å². The number of benzene rings is 1. The van der Waals surface area contributed by atoms with Gasteiger partial charge in [0.1, 0.15) is 6.61 Å². The number of nitrogens with two attached hydrogens (primary N) is 1. The minimum absolute atomic E-state index is 0.0465. The number of primary amides is 1. The molecule has 0 radical (unpaired) electrons. The number of nitrogens with zero attached hydrogens (tertiary/aromatic N) is 2. The minimum Gasteiger partial charge on any atom is -0.478 e. The van der Waals surface area contributed by atoms with Gasteiger partial charge < -0.3 is 30.5 Å². The van der Waals surface area contributed by atoms with E-state index in [2.05, 4.69) is 67.8 Å². The van der Waals surface area contributed by atoms with Gasteiger partial charge in [0.2, 0.25) is 5.91 Å². The molecule has 0 unspecified atom stereocenters. The van der Waals surface area contributed by atoms with Crippen LogP contribution in [0, 0.1) is 22.7 Å². The fraction of sp³-hybridized carbons (Fsp3) is 0.139. The summed E-state index contributed by atoms with van der Waals surface area (Å²) in [6, 6.07) is 13.6. The van der Waals surface area contributed by atoms with E-state index in [1.165, 1.54) is 18.7 Å². The van der Waals surface area contributed by atoms with Crippen LogP contribution in [-0.4, -0.2) is 65.4 Å². The van der Waals surface area contributed by atoms with Gasteiger partial charge in [0, 0.05) is 35.5 Å². The summed E-state index contributed by atoms with van der Waals surface area (Å²) in [6.07, 6.45) is 9.51. The van der Waals surface area contributed by atoms with Gasteiger partial charge in [-0.15, -0.1) is 0 Å². The number of hydrogen-bond donors (Lipinski definition) is 4. The highest BCUT2D eigenvalue weighted by Gasteiger charge is 1.95. The van der Waals surface area contributed by atoms with Crippen molar-refractivity contribution in [2.75, 3.05) is 20.3 Å². The first kappa shape index (κ1) is 57.8. The van der Waals surface area contributed by atoms with Crippen LogP contribution in [0.4, 0.5) is 0 Å². The molecular weight excluding hydrogens is 634 g/mol. The smallest absolute Gasteiger partial charge is 0.332 e. The minimum atomic E-state index is -1.26. The molecule has 0 aliphatic heterocycles. The Kier molecular flexibility index (Phi) is 59.9. The second-order valence-electron chi connectivity index (χ2n) is 7.30. The third-order valence-electron chi connectivity index (χ3n) is 3.09. The second kappa shape index (κ2) is 50.8. The van der Waals surface area contributed by atoms with Gasteiger partial charge in [-0.2, -0.15) is 10.5 Å². The first-order chi connectivity index (χ1) is 22.9. The van der Waals surface area contributed by atoms with E-state index >= 15 is 0 Å². The van der Waals surface area contributed by atoms with Gasteiger partial charge >= 0.3 is 23.9 Å². The molecule has 5 N–H and O–H groups in total. The van der Waals surface area contributed by atoms with Crippen molar-refractivity contribution < 1.29 is 48.8 Å². The molecule has 0 aliphatic rings. The highest BCUT2D eigenvalue weighted by atomic mass is 16.5. The summed E-state index contributed by atoms with van der Waals surface area (Å²) >= 11 is 0.